The molecule has 108 heavy (non-hydrogen) atoms. The Bertz CT molecular complexity index is 7270. The second-order valence-electron chi connectivity index (χ2n) is 27.9. The van der Waals surface area contributed by atoms with Gasteiger partial charge in [-0.15, -0.1) is 0 Å². The van der Waals surface area contributed by atoms with Gasteiger partial charge in [0.1, 0.15) is 5.82 Å². The Kier molecular flexibility index (Phi) is 14.8. The second kappa shape index (κ2) is 25.7. The van der Waals surface area contributed by atoms with Crippen LogP contribution in [0.25, 0.3) is 199 Å². The van der Waals surface area contributed by atoms with Crippen molar-refractivity contribution in [3.8, 4) is 90.0 Å². The summed E-state index contributed by atoms with van der Waals surface area (Å²) in [7, 11) is 0. The second-order valence-corrected chi connectivity index (χ2v) is 27.9. The van der Waals surface area contributed by atoms with Crippen molar-refractivity contribution in [2.24, 2.45) is 0 Å². The van der Waals surface area contributed by atoms with E-state index in [1.54, 1.807) is 0 Å². The van der Waals surface area contributed by atoms with Crippen LogP contribution in [-0.4, -0.2) is 33.2 Å². The average molecular weight is 1380 g/mol. The molecule has 0 radical (unpaired) electrons. The summed E-state index contributed by atoms with van der Waals surface area (Å²) in [6, 6.07) is 137. The Labute approximate surface area is 622 Å². The first-order valence-electron chi connectivity index (χ1n) is 36.8. The number of fused-ring (bicyclic) bond motifs is 14. The van der Waals surface area contributed by atoms with Gasteiger partial charge >= 0.3 is 0 Å². The summed E-state index contributed by atoms with van der Waals surface area (Å²) in [4.78, 5) is 14.7. The van der Waals surface area contributed by atoms with Crippen LogP contribution in [0.4, 0.5) is 0 Å². The highest BCUT2D eigenvalue weighted by atomic mass is 15.1. The normalized spacial score (nSPS) is 11.7. The third kappa shape index (κ3) is 10.6. The number of nitrogens with zero attached hydrogens (tertiary/aromatic N) is 7. The van der Waals surface area contributed by atoms with Crippen LogP contribution in [0.3, 0.4) is 0 Å². The zero-order chi connectivity index (χ0) is 71.2. The number of rotatable bonds is 10. The van der Waals surface area contributed by atoms with Crippen molar-refractivity contribution < 1.29 is 0 Å². The predicted molar refractivity (Wildman–Crippen MR) is 451 cm³/mol. The van der Waals surface area contributed by atoms with Gasteiger partial charge in [-0.25, -0.2) is 4.98 Å². The fourth-order valence-electron chi connectivity index (χ4n) is 16.5. The molecular weight excluding hydrogens is 1310 g/mol. The summed E-state index contributed by atoms with van der Waals surface area (Å²) in [5.41, 5.74) is 26.0. The molecule has 0 amide bonds. The Balaban J connectivity index is 0.000000138. The summed E-state index contributed by atoms with van der Waals surface area (Å²) in [5.74, 6) is 0.876. The molecule has 0 unspecified atom stereocenters. The van der Waals surface area contributed by atoms with Crippen molar-refractivity contribution in [3.05, 3.63) is 395 Å². The molecule has 0 aliphatic carbocycles. The van der Waals surface area contributed by atoms with E-state index >= 15 is 0 Å². The maximum Gasteiger partial charge on any atom is 0.138 e. The lowest BCUT2D eigenvalue weighted by Gasteiger charge is -2.11. The third-order valence-corrected chi connectivity index (χ3v) is 21.7. The Morgan fingerprint density at radius 2 is 0.500 bits per heavy atom. The predicted octanol–water partition coefficient (Wildman–Crippen LogP) is 26.3. The van der Waals surface area contributed by atoms with E-state index in [1.807, 2.05) is 48.8 Å². The monoisotopic (exact) mass is 1380 g/mol. The molecule has 0 atom stereocenters. The van der Waals surface area contributed by atoms with Gasteiger partial charge in [0.05, 0.1) is 61.2 Å². The highest BCUT2D eigenvalue weighted by Crippen LogP contribution is 2.42. The maximum absolute atomic E-state index is 5.20. The molecule has 504 valence electrons. The first kappa shape index (κ1) is 62.1. The van der Waals surface area contributed by atoms with Gasteiger partial charge in [-0.3, -0.25) is 14.5 Å². The van der Waals surface area contributed by atoms with Crippen LogP contribution in [-0.2, 0) is 0 Å². The van der Waals surface area contributed by atoms with Crippen LogP contribution >= 0.6 is 0 Å². The molecule has 0 fully saturated rings. The van der Waals surface area contributed by atoms with Crippen molar-refractivity contribution in [2.75, 3.05) is 0 Å². The van der Waals surface area contributed by atoms with Gasteiger partial charge in [-0.05, 0) is 189 Å². The minimum atomic E-state index is 0.876. The van der Waals surface area contributed by atoms with Crippen LogP contribution in [0, 0.1) is 0 Å². The summed E-state index contributed by atoms with van der Waals surface area (Å²) in [6.07, 6.45) is 3.89. The summed E-state index contributed by atoms with van der Waals surface area (Å²) in [5, 5.41) is 14.9. The third-order valence-electron chi connectivity index (χ3n) is 21.7. The van der Waals surface area contributed by atoms with Crippen LogP contribution in [0.2, 0.25) is 0 Å². The van der Waals surface area contributed by atoms with E-state index in [4.69, 9.17) is 15.0 Å². The molecule has 0 aliphatic rings. The largest absolute Gasteiger partial charge is 0.309 e. The average Bonchev–Trinajstić information content (AvgIpc) is 1.60. The van der Waals surface area contributed by atoms with Gasteiger partial charge in [0.2, 0.25) is 0 Å². The molecule has 22 rings (SSSR count). The molecule has 7 nitrogen and oxygen atoms in total. The number of para-hydroxylation sites is 4. The lowest BCUT2D eigenvalue weighted by atomic mass is 10.0. The van der Waals surface area contributed by atoms with Crippen LogP contribution in [0.15, 0.2) is 395 Å². The molecule has 0 saturated heterocycles. The van der Waals surface area contributed by atoms with E-state index in [0.29, 0.717) is 0 Å². The van der Waals surface area contributed by atoms with Gasteiger partial charge in [0, 0.05) is 94.8 Å². The van der Waals surface area contributed by atoms with Gasteiger partial charge < -0.3 is 13.7 Å². The Morgan fingerprint density at radius 1 is 0.167 bits per heavy atom. The molecule has 22 aromatic rings. The number of hydrogen-bond donors (Lipinski definition) is 0. The quantitative estimate of drug-likeness (QED) is 0.137. The number of pyridine rings is 3. The molecule has 0 aliphatic heterocycles. The smallest absolute Gasteiger partial charge is 0.138 e. The van der Waals surface area contributed by atoms with Gasteiger partial charge in [0.25, 0.3) is 0 Å². The fourth-order valence-corrected chi connectivity index (χ4v) is 16.5. The lowest BCUT2D eigenvalue weighted by Crippen LogP contribution is -1.98. The molecule has 7 heteroatoms. The molecule has 0 saturated carbocycles. The molecule has 0 bridgehead atoms. The first-order valence-corrected chi connectivity index (χ1v) is 36.8. The lowest BCUT2D eigenvalue weighted by molar-refractivity contribution is 1.08. The van der Waals surface area contributed by atoms with Crippen molar-refractivity contribution in [3.63, 3.8) is 0 Å². The number of hydrogen-bond acceptors (Lipinski definition) is 3. The Morgan fingerprint density at radius 3 is 0.926 bits per heavy atom. The van der Waals surface area contributed by atoms with E-state index < -0.39 is 0 Å². The van der Waals surface area contributed by atoms with Crippen molar-refractivity contribution in [1.29, 1.82) is 0 Å². The van der Waals surface area contributed by atoms with Crippen LogP contribution in [0.5, 0.6) is 0 Å². The number of aromatic nitrogens is 7. The molecule has 0 spiro atoms. The Hall–Kier alpha value is -14.5. The fraction of sp³-hybridized carbons (Fsp3) is 0. The van der Waals surface area contributed by atoms with Crippen molar-refractivity contribution in [2.45, 2.75) is 0 Å². The summed E-state index contributed by atoms with van der Waals surface area (Å²) in [6.45, 7) is 0. The molecule has 7 aromatic heterocycles. The van der Waals surface area contributed by atoms with Gasteiger partial charge in [-0.2, -0.15) is 0 Å². The highest BCUT2D eigenvalue weighted by molar-refractivity contribution is 6.15. The molecule has 0 N–H and O–H groups in total. The van der Waals surface area contributed by atoms with E-state index in [-0.39, 0.29) is 0 Å². The molecule has 15 aromatic carbocycles. The number of benzene rings is 15. The van der Waals surface area contributed by atoms with E-state index in [0.717, 1.165) is 67.4 Å². The minimum Gasteiger partial charge on any atom is -0.309 e. The van der Waals surface area contributed by atoms with E-state index in [1.165, 1.54) is 131 Å². The molecule has 7 heterocycles. The van der Waals surface area contributed by atoms with Gasteiger partial charge in [0.15, 0.2) is 0 Å². The van der Waals surface area contributed by atoms with Crippen LogP contribution < -0.4 is 0 Å². The van der Waals surface area contributed by atoms with Gasteiger partial charge in [-0.1, -0.05) is 243 Å². The summed E-state index contributed by atoms with van der Waals surface area (Å²) >= 11 is 0. The maximum atomic E-state index is 5.20. The standard InChI is InChI=1S/C51H33N3.C50H32N4/c1-2-11-36(12-3-1)47-27-21-40(33-52-47)35-18-24-41(25-19-35)53-48-16-8-6-14-43(48)45-31-38(22-28-50(45)53)39-23-29-51-46(32-39)44-15-7-9-17-49(44)54(51)42-26-20-34-10-4-5-13-37(34)30-42;1-2-12-34(13-3-1)44-26-22-38(32-51-44)45-17-10-20-50(52-45)54-47-19-9-7-16-41(47)43-31-37(24-28-49(43)54)36-23-27-48-42(30-36)40-15-6-8-18-46(40)53(48)39-25-21-33-11-4-5-14-35(33)29-39/h1-33H;1-32H. The highest BCUT2D eigenvalue weighted by Gasteiger charge is 2.21. The van der Waals surface area contributed by atoms with Crippen LogP contribution in [0.1, 0.15) is 0 Å². The minimum absolute atomic E-state index is 0.876. The molecular formula is C101H65N7. The topological polar surface area (TPSA) is 58.4 Å². The summed E-state index contributed by atoms with van der Waals surface area (Å²) < 4.78 is 9.46. The zero-order valence-corrected chi connectivity index (χ0v) is 58.7. The van der Waals surface area contributed by atoms with Crippen molar-refractivity contribution >= 4 is 109 Å². The van der Waals surface area contributed by atoms with Crippen molar-refractivity contribution in [1.82, 2.24) is 33.2 Å². The zero-order valence-electron chi connectivity index (χ0n) is 58.7. The van der Waals surface area contributed by atoms with E-state index in [9.17, 15) is 0 Å². The first-order chi connectivity index (χ1) is 53.5. The SMILES string of the molecule is c1ccc(-c2ccc(-c3ccc(-n4c5ccccc5c5cc(-c6ccc7c(c6)c6ccccc6n7-c6ccc7ccccc7c6)ccc54)cc3)cn2)cc1.c1ccc(-c2ccc(-c3cccc(-n4c5ccccc5c5cc(-c6ccc7c(c6)c6ccccc6n7-c6ccc7ccccc7c6)ccc54)n3)cn2)cc1. The van der Waals surface area contributed by atoms with E-state index in [2.05, 4.69) is 364 Å².